The van der Waals surface area contributed by atoms with E-state index in [-0.39, 0.29) is 0 Å². The molecule has 0 atom stereocenters. The van der Waals surface area contributed by atoms with Gasteiger partial charge >= 0.3 is 0 Å². The van der Waals surface area contributed by atoms with Crippen LogP contribution in [0.5, 0.6) is 0 Å². The van der Waals surface area contributed by atoms with Crippen molar-refractivity contribution >= 4 is 5.91 Å². The maximum atomic E-state index is 11.7. The van der Waals surface area contributed by atoms with Crippen molar-refractivity contribution in [2.24, 2.45) is 0 Å². The highest BCUT2D eigenvalue weighted by molar-refractivity contribution is 5.76. The van der Waals surface area contributed by atoms with E-state index < -0.39 is 0 Å². The van der Waals surface area contributed by atoms with Crippen LogP contribution in [0, 0.1) is 0 Å². The van der Waals surface area contributed by atoms with Gasteiger partial charge in [0.2, 0.25) is 5.91 Å². The van der Waals surface area contributed by atoms with Crippen LogP contribution in [0.4, 0.5) is 0 Å². The van der Waals surface area contributed by atoms with E-state index in [9.17, 15) is 4.79 Å². The quantitative estimate of drug-likeness (QED) is 0.645. The molecule has 0 aromatic carbocycles. The van der Waals surface area contributed by atoms with Crippen molar-refractivity contribution in [1.82, 2.24) is 15.1 Å². The number of rotatable bonds is 7. The van der Waals surface area contributed by atoms with E-state index in [1.54, 1.807) is 0 Å². The van der Waals surface area contributed by atoms with Crippen LogP contribution in [0.15, 0.2) is 0 Å². The highest BCUT2D eigenvalue weighted by Crippen LogP contribution is 2.08. The van der Waals surface area contributed by atoms with E-state index in [4.69, 9.17) is 0 Å². The van der Waals surface area contributed by atoms with Crippen LogP contribution >= 0.6 is 0 Å². The summed E-state index contributed by atoms with van der Waals surface area (Å²) in [4.78, 5) is 15.8. The van der Waals surface area contributed by atoms with Crippen LogP contribution in [-0.2, 0) is 4.79 Å². The zero-order chi connectivity index (χ0) is 11.8. The summed E-state index contributed by atoms with van der Waals surface area (Å²) in [6.45, 7) is 4.88. The summed E-state index contributed by atoms with van der Waals surface area (Å²) in [7, 11) is 4.16. The molecule has 1 saturated heterocycles. The van der Waals surface area contributed by atoms with E-state index in [0.29, 0.717) is 12.3 Å². The zero-order valence-corrected chi connectivity index (χ0v) is 10.7. The lowest BCUT2D eigenvalue weighted by Crippen LogP contribution is -2.31. The Kier molecular flexibility index (Phi) is 6.42. The van der Waals surface area contributed by atoms with Crippen LogP contribution in [0.25, 0.3) is 0 Å². The molecule has 1 aliphatic heterocycles. The van der Waals surface area contributed by atoms with Crippen molar-refractivity contribution in [2.75, 3.05) is 46.8 Å². The van der Waals surface area contributed by atoms with Gasteiger partial charge in [-0.05, 0) is 46.4 Å². The van der Waals surface area contributed by atoms with Crippen LogP contribution in [0.1, 0.15) is 25.7 Å². The predicted molar refractivity (Wildman–Crippen MR) is 66.5 cm³/mol. The van der Waals surface area contributed by atoms with Gasteiger partial charge in [-0.1, -0.05) is 0 Å². The molecule has 0 spiro atoms. The van der Waals surface area contributed by atoms with Gasteiger partial charge in [0.05, 0.1) is 0 Å². The number of amides is 1. The molecular weight excluding hydrogens is 202 g/mol. The van der Waals surface area contributed by atoms with Crippen molar-refractivity contribution < 1.29 is 4.79 Å². The van der Waals surface area contributed by atoms with Gasteiger partial charge in [0, 0.05) is 26.1 Å². The molecule has 1 fully saturated rings. The van der Waals surface area contributed by atoms with Gasteiger partial charge in [0.25, 0.3) is 0 Å². The first-order chi connectivity index (χ1) is 7.70. The van der Waals surface area contributed by atoms with E-state index in [0.717, 1.165) is 39.1 Å². The lowest BCUT2D eigenvalue weighted by atomic mass is 10.3. The Bertz CT molecular complexity index is 200. The molecule has 0 aromatic heterocycles. The lowest BCUT2D eigenvalue weighted by Gasteiger charge is -2.15. The molecule has 0 unspecified atom stereocenters. The summed E-state index contributed by atoms with van der Waals surface area (Å²) in [5.74, 6) is 0.317. The van der Waals surface area contributed by atoms with Gasteiger partial charge in [-0.15, -0.1) is 0 Å². The minimum absolute atomic E-state index is 0.317. The Hall–Kier alpha value is -0.610. The fourth-order valence-corrected chi connectivity index (χ4v) is 1.97. The van der Waals surface area contributed by atoms with Gasteiger partial charge in [0.1, 0.15) is 0 Å². The highest BCUT2D eigenvalue weighted by atomic mass is 16.2. The van der Waals surface area contributed by atoms with E-state index in [2.05, 4.69) is 24.3 Å². The highest BCUT2D eigenvalue weighted by Gasteiger charge is 2.16. The average Bonchev–Trinajstić information content (AvgIpc) is 2.75. The first-order valence-electron chi connectivity index (χ1n) is 6.33. The van der Waals surface area contributed by atoms with Crippen LogP contribution < -0.4 is 5.32 Å². The second-order valence-electron chi connectivity index (χ2n) is 4.74. The van der Waals surface area contributed by atoms with E-state index in [1.165, 1.54) is 12.8 Å². The number of likely N-dealkylation sites (tertiary alicyclic amines) is 1. The fraction of sp³-hybridized carbons (Fsp3) is 0.917. The van der Waals surface area contributed by atoms with E-state index >= 15 is 0 Å². The van der Waals surface area contributed by atoms with Gasteiger partial charge < -0.3 is 15.1 Å². The maximum absolute atomic E-state index is 11.7. The Morgan fingerprint density at radius 1 is 1.25 bits per heavy atom. The molecule has 4 heteroatoms. The summed E-state index contributed by atoms with van der Waals surface area (Å²) in [6, 6.07) is 0. The smallest absolute Gasteiger partial charge is 0.223 e. The molecular formula is C12H25N3O. The third-order valence-electron chi connectivity index (χ3n) is 2.93. The Balaban J connectivity index is 1.92. The molecule has 16 heavy (non-hydrogen) atoms. The molecule has 0 bridgehead atoms. The van der Waals surface area contributed by atoms with Crippen molar-refractivity contribution in [3.05, 3.63) is 0 Å². The van der Waals surface area contributed by atoms with Gasteiger partial charge in [-0.3, -0.25) is 4.79 Å². The Labute approximate surface area is 99.0 Å². The molecule has 1 heterocycles. The van der Waals surface area contributed by atoms with E-state index in [1.807, 2.05) is 4.90 Å². The summed E-state index contributed by atoms with van der Waals surface area (Å²) in [5, 5.41) is 3.32. The summed E-state index contributed by atoms with van der Waals surface area (Å²) in [6.07, 6.45) is 4.16. The third-order valence-corrected chi connectivity index (χ3v) is 2.93. The minimum Gasteiger partial charge on any atom is -0.343 e. The number of nitrogens with zero attached hydrogens (tertiary/aromatic N) is 2. The number of nitrogens with one attached hydrogen (secondary N) is 1. The average molecular weight is 227 g/mol. The lowest BCUT2D eigenvalue weighted by molar-refractivity contribution is -0.130. The first-order valence-corrected chi connectivity index (χ1v) is 6.33. The van der Waals surface area contributed by atoms with Crippen molar-refractivity contribution in [2.45, 2.75) is 25.7 Å². The van der Waals surface area contributed by atoms with Crippen LogP contribution in [0.2, 0.25) is 0 Å². The first kappa shape index (κ1) is 13.5. The number of hydrogen-bond donors (Lipinski definition) is 1. The monoisotopic (exact) mass is 227 g/mol. The van der Waals surface area contributed by atoms with Crippen molar-refractivity contribution in [3.8, 4) is 0 Å². The third kappa shape index (κ3) is 5.47. The van der Waals surface area contributed by atoms with Crippen LogP contribution in [0.3, 0.4) is 0 Å². The van der Waals surface area contributed by atoms with Crippen molar-refractivity contribution in [3.63, 3.8) is 0 Å². The number of hydrogen-bond acceptors (Lipinski definition) is 3. The SMILES string of the molecule is CN(C)CCCNCCC(=O)N1CCCC1. The van der Waals surface area contributed by atoms with Gasteiger partial charge in [-0.25, -0.2) is 0 Å². The largest absolute Gasteiger partial charge is 0.343 e. The molecule has 1 N–H and O–H groups in total. The number of carbonyl (C=O) groups is 1. The molecule has 1 rings (SSSR count). The second-order valence-corrected chi connectivity index (χ2v) is 4.74. The fourth-order valence-electron chi connectivity index (χ4n) is 1.97. The molecule has 0 aliphatic carbocycles. The summed E-state index contributed by atoms with van der Waals surface area (Å²) in [5.41, 5.74) is 0. The molecule has 1 amide bonds. The predicted octanol–water partition coefficient (Wildman–Crippen LogP) is 0.540. The normalized spacial score (nSPS) is 16.1. The van der Waals surface area contributed by atoms with Gasteiger partial charge in [-0.2, -0.15) is 0 Å². The minimum atomic E-state index is 0.317. The maximum Gasteiger partial charge on any atom is 0.223 e. The molecule has 0 saturated carbocycles. The summed E-state index contributed by atoms with van der Waals surface area (Å²) >= 11 is 0. The number of carbonyl (C=O) groups excluding carboxylic acids is 1. The topological polar surface area (TPSA) is 35.6 Å². The molecule has 0 aromatic rings. The zero-order valence-electron chi connectivity index (χ0n) is 10.7. The Morgan fingerprint density at radius 2 is 1.94 bits per heavy atom. The Morgan fingerprint density at radius 3 is 2.56 bits per heavy atom. The second kappa shape index (κ2) is 7.63. The van der Waals surface area contributed by atoms with Gasteiger partial charge in [0.15, 0.2) is 0 Å². The van der Waals surface area contributed by atoms with Crippen molar-refractivity contribution in [1.29, 1.82) is 0 Å². The summed E-state index contributed by atoms with van der Waals surface area (Å²) < 4.78 is 0. The molecule has 0 radical (unpaired) electrons. The molecule has 1 aliphatic rings. The van der Waals surface area contributed by atoms with Crippen LogP contribution in [-0.4, -0.2) is 62.5 Å². The standard InChI is InChI=1S/C12H25N3O/c1-14(2)9-5-7-13-8-6-12(16)15-10-3-4-11-15/h13H,3-11H2,1-2H3. The molecule has 4 nitrogen and oxygen atoms in total. The molecule has 94 valence electrons.